The second-order valence-electron chi connectivity index (χ2n) is 6.51. The summed E-state index contributed by atoms with van der Waals surface area (Å²) in [5, 5.41) is 14.0. The molecule has 1 aliphatic heterocycles. The van der Waals surface area contributed by atoms with Crippen LogP contribution in [-0.2, 0) is 0 Å². The van der Waals surface area contributed by atoms with Gasteiger partial charge in [0, 0.05) is 37.8 Å². The highest BCUT2D eigenvalue weighted by Crippen LogP contribution is 2.45. The van der Waals surface area contributed by atoms with Crippen molar-refractivity contribution >= 4 is 5.69 Å². The molecule has 1 atom stereocenters. The van der Waals surface area contributed by atoms with Gasteiger partial charge in [-0.15, -0.1) is 0 Å². The van der Waals surface area contributed by atoms with E-state index < -0.39 is 0 Å². The Morgan fingerprint density at radius 3 is 2.57 bits per heavy atom. The highest BCUT2D eigenvalue weighted by Gasteiger charge is 2.34. The summed E-state index contributed by atoms with van der Waals surface area (Å²) in [7, 11) is 0. The smallest absolute Gasteiger partial charge is 0.143 e. The minimum Gasteiger partial charge on any atom is -0.505 e. The fraction of sp³-hybridized carbons (Fsp3) is 0.647. The third kappa shape index (κ3) is 2.87. The van der Waals surface area contributed by atoms with Gasteiger partial charge in [-0.05, 0) is 37.3 Å². The molecule has 0 unspecified atom stereocenters. The largest absolute Gasteiger partial charge is 0.505 e. The molecule has 0 radical (unpaired) electrons. The molecular formula is C17H27N3O. The lowest BCUT2D eigenvalue weighted by molar-refractivity contribution is 0.123. The van der Waals surface area contributed by atoms with E-state index in [9.17, 15) is 5.11 Å². The Balaban J connectivity index is 1.99. The van der Waals surface area contributed by atoms with Crippen LogP contribution < -0.4 is 11.1 Å². The van der Waals surface area contributed by atoms with Crippen molar-refractivity contribution in [1.82, 2.24) is 10.2 Å². The quantitative estimate of drug-likeness (QED) is 0.591. The van der Waals surface area contributed by atoms with E-state index >= 15 is 0 Å². The normalized spacial score (nSPS) is 22.5. The van der Waals surface area contributed by atoms with Crippen LogP contribution in [0.5, 0.6) is 5.75 Å². The highest BCUT2D eigenvalue weighted by molar-refractivity contribution is 5.59. The molecule has 1 aromatic carbocycles. The predicted octanol–water partition coefficient (Wildman–Crippen LogP) is 2.42. The van der Waals surface area contributed by atoms with Crippen molar-refractivity contribution in [1.29, 1.82) is 0 Å². The van der Waals surface area contributed by atoms with Gasteiger partial charge in [0.1, 0.15) is 5.75 Å². The summed E-state index contributed by atoms with van der Waals surface area (Å²) in [6.07, 6.45) is 5.16. The Bertz CT molecular complexity index is 491. The molecule has 0 spiro atoms. The number of nitrogens with one attached hydrogen (secondary N) is 1. The monoisotopic (exact) mass is 289 g/mol. The zero-order chi connectivity index (χ0) is 14.8. The van der Waals surface area contributed by atoms with Crippen LogP contribution in [0.25, 0.3) is 0 Å². The zero-order valence-corrected chi connectivity index (χ0v) is 12.9. The van der Waals surface area contributed by atoms with Gasteiger partial charge in [0.25, 0.3) is 0 Å². The number of benzene rings is 1. The maximum atomic E-state index is 10.6. The first-order valence-electron chi connectivity index (χ1n) is 8.21. The van der Waals surface area contributed by atoms with E-state index in [-0.39, 0.29) is 0 Å². The number of aryl methyl sites for hydroxylation is 1. The Hall–Kier alpha value is -1.26. The molecule has 1 aliphatic carbocycles. The molecule has 1 heterocycles. The Morgan fingerprint density at radius 2 is 1.90 bits per heavy atom. The summed E-state index contributed by atoms with van der Waals surface area (Å²) in [5.41, 5.74) is 8.72. The van der Waals surface area contributed by atoms with Crippen LogP contribution in [0, 0.1) is 12.8 Å². The second-order valence-corrected chi connectivity index (χ2v) is 6.51. The van der Waals surface area contributed by atoms with Crippen LogP contribution in [0.4, 0.5) is 5.69 Å². The molecule has 1 saturated heterocycles. The SMILES string of the molecule is Cc1ccc(N)c(O)c1[C@@H](C1CCCC1)N1CCNCC1. The number of phenols is 1. The average molecular weight is 289 g/mol. The van der Waals surface area contributed by atoms with E-state index in [0.29, 0.717) is 23.4 Å². The molecule has 3 rings (SSSR count). The molecule has 0 aromatic heterocycles. The summed E-state index contributed by atoms with van der Waals surface area (Å²) in [6, 6.07) is 4.18. The minimum absolute atomic E-state index is 0.311. The van der Waals surface area contributed by atoms with E-state index in [1.807, 2.05) is 6.07 Å². The van der Waals surface area contributed by atoms with Crippen LogP contribution in [0.3, 0.4) is 0 Å². The summed E-state index contributed by atoms with van der Waals surface area (Å²) < 4.78 is 0. The number of nitrogens with zero attached hydrogens (tertiary/aromatic N) is 1. The summed E-state index contributed by atoms with van der Waals surface area (Å²) >= 11 is 0. The van der Waals surface area contributed by atoms with Gasteiger partial charge in [0.2, 0.25) is 0 Å². The first kappa shape index (κ1) is 14.7. The molecule has 2 fully saturated rings. The van der Waals surface area contributed by atoms with Crippen LogP contribution in [0.15, 0.2) is 12.1 Å². The molecular weight excluding hydrogens is 262 g/mol. The number of hydrogen-bond donors (Lipinski definition) is 3. The number of phenolic OH excluding ortho intramolecular Hbond substituents is 1. The van der Waals surface area contributed by atoms with Crippen LogP contribution in [0.2, 0.25) is 0 Å². The van der Waals surface area contributed by atoms with Crippen molar-refractivity contribution in [3.05, 3.63) is 23.3 Å². The fourth-order valence-corrected chi connectivity index (χ4v) is 4.05. The third-order valence-corrected chi connectivity index (χ3v) is 5.15. The van der Waals surface area contributed by atoms with Gasteiger partial charge >= 0.3 is 0 Å². The fourth-order valence-electron chi connectivity index (χ4n) is 4.05. The number of hydrogen-bond acceptors (Lipinski definition) is 4. The maximum absolute atomic E-state index is 10.6. The summed E-state index contributed by atoms with van der Waals surface area (Å²) in [4.78, 5) is 2.55. The number of aromatic hydroxyl groups is 1. The number of nitrogens with two attached hydrogens (primary N) is 1. The number of rotatable bonds is 3. The van der Waals surface area contributed by atoms with Crippen molar-refractivity contribution in [2.45, 2.75) is 38.6 Å². The second kappa shape index (κ2) is 6.24. The molecule has 2 aliphatic rings. The lowest BCUT2D eigenvalue weighted by atomic mass is 9.86. The van der Waals surface area contributed by atoms with Crippen molar-refractivity contribution < 1.29 is 5.11 Å². The maximum Gasteiger partial charge on any atom is 0.143 e. The Morgan fingerprint density at radius 1 is 1.24 bits per heavy atom. The van der Waals surface area contributed by atoms with Gasteiger partial charge in [0.15, 0.2) is 0 Å². The van der Waals surface area contributed by atoms with E-state index in [0.717, 1.165) is 37.3 Å². The van der Waals surface area contributed by atoms with Gasteiger partial charge in [-0.3, -0.25) is 4.90 Å². The Kier molecular flexibility index (Phi) is 4.36. The van der Waals surface area contributed by atoms with E-state index in [1.165, 1.54) is 25.7 Å². The first-order chi connectivity index (χ1) is 10.2. The summed E-state index contributed by atoms with van der Waals surface area (Å²) in [5.74, 6) is 0.958. The van der Waals surface area contributed by atoms with Crippen LogP contribution >= 0.6 is 0 Å². The lowest BCUT2D eigenvalue weighted by Gasteiger charge is -2.39. The molecule has 21 heavy (non-hydrogen) atoms. The zero-order valence-electron chi connectivity index (χ0n) is 12.9. The van der Waals surface area contributed by atoms with Crippen LogP contribution in [0.1, 0.15) is 42.9 Å². The van der Waals surface area contributed by atoms with Gasteiger partial charge in [-0.25, -0.2) is 0 Å². The van der Waals surface area contributed by atoms with Gasteiger partial charge in [0.05, 0.1) is 5.69 Å². The van der Waals surface area contributed by atoms with E-state index in [4.69, 9.17) is 5.73 Å². The van der Waals surface area contributed by atoms with Crippen molar-refractivity contribution in [2.75, 3.05) is 31.9 Å². The first-order valence-corrected chi connectivity index (χ1v) is 8.21. The topological polar surface area (TPSA) is 61.5 Å². The van der Waals surface area contributed by atoms with Crippen molar-refractivity contribution in [3.63, 3.8) is 0 Å². The van der Waals surface area contributed by atoms with E-state index in [1.54, 1.807) is 0 Å². The van der Waals surface area contributed by atoms with Gasteiger partial charge in [-0.1, -0.05) is 18.9 Å². The number of anilines is 1. The summed E-state index contributed by atoms with van der Waals surface area (Å²) in [6.45, 7) is 6.26. The minimum atomic E-state index is 0.311. The molecule has 4 N–H and O–H groups in total. The number of nitrogen functional groups attached to an aromatic ring is 1. The molecule has 0 amide bonds. The average Bonchev–Trinajstić information content (AvgIpc) is 3.02. The molecule has 1 saturated carbocycles. The Labute approximate surface area is 127 Å². The highest BCUT2D eigenvalue weighted by atomic mass is 16.3. The molecule has 0 bridgehead atoms. The predicted molar refractivity (Wildman–Crippen MR) is 86.4 cm³/mol. The van der Waals surface area contributed by atoms with Crippen molar-refractivity contribution in [3.8, 4) is 5.75 Å². The van der Waals surface area contributed by atoms with Gasteiger partial charge < -0.3 is 16.2 Å². The third-order valence-electron chi connectivity index (χ3n) is 5.15. The standard InChI is InChI=1S/C17H27N3O/c1-12-6-7-14(18)17(21)15(12)16(13-4-2-3-5-13)20-10-8-19-9-11-20/h6-7,13,16,19,21H,2-5,8-11,18H2,1H3/t16-/m1/s1. The van der Waals surface area contributed by atoms with Crippen molar-refractivity contribution in [2.24, 2.45) is 5.92 Å². The molecule has 4 nitrogen and oxygen atoms in total. The molecule has 1 aromatic rings. The van der Waals surface area contributed by atoms with Gasteiger partial charge in [-0.2, -0.15) is 0 Å². The van der Waals surface area contributed by atoms with E-state index in [2.05, 4.69) is 23.2 Å². The lowest BCUT2D eigenvalue weighted by Crippen LogP contribution is -2.46. The number of piperazine rings is 1. The molecule has 4 heteroatoms. The molecule has 116 valence electrons. The van der Waals surface area contributed by atoms with Crippen LogP contribution in [-0.4, -0.2) is 36.2 Å².